The molecule has 0 saturated heterocycles. The summed E-state index contributed by atoms with van der Waals surface area (Å²) < 4.78 is 0. The number of aliphatic carboxylic acids is 1. The highest BCUT2D eigenvalue weighted by Gasteiger charge is 2.42. The van der Waals surface area contributed by atoms with Crippen molar-refractivity contribution < 1.29 is 19.8 Å². The molecule has 0 bridgehead atoms. The largest absolute Gasteiger partial charge is 0.479 e. The van der Waals surface area contributed by atoms with Crippen molar-refractivity contribution in [3.63, 3.8) is 0 Å². The van der Waals surface area contributed by atoms with Crippen molar-refractivity contribution in [1.29, 1.82) is 0 Å². The van der Waals surface area contributed by atoms with E-state index in [2.05, 4.69) is 0 Å². The highest BCUT2D eigenvalue weighted by molar-refractivity contribution is 6.09. The van der Waals surface area contributed by atoms with Gasteiger partial charge in [0.25, 0.3) is 0 Å². The van der Waals surface area contributed by atoms with Crippen molar-refractivity contribution >= 4 is 11.8 Å². The van der Waals surface area contributed by atoms with Gasteiger partial charge in [-0.05, 0) is 6.92 Å². The zero-order chi connectivity index (χ0) is 9.94. The predicted octanol–water partition coefficient (Wildman–Crippen LogP) is -2.32. The van der Waals surface area contributed by atoms with Gasteiger partial charge in [0.15, 0.2) is 11.3 Å². The number of carbonyl (C=O) groups is 2. The Morgan fingerprint density at radius 1 is 1.58 bits per heavy atom. The number of rotatable bonds is 4. The summed E-state index contributed by atoms with van der Waals surface area (Å²) in [5, 5.41) is 17.1. The first kappa shape index (κ1) is 11.0. The van der Waals surface area contributed by atoms with Gasteiger partial charge in [0.05, 0.1) is 12.6 Å². The first-order chi connectivity index (χ1) is 5.36. The molecule has 0 unspecified atom stereocenters. The second kappa shape index (κ2) is 3.61. The summed E-state index contributed by atoms with van der Waals surface area (Å²) in [6, 6.07) is -1.00. The lowest BCUT2D eigenvalue weighted by Crippen LogP contribution is -2.62. The van der Waals surface area contributed by atoms with Crippen molar-refractivity contribution in [3.05, 3.63) is 0 Å². The minimum atomic E-state index is -2.27. The second-order valence-corrected chi connectivity index (χ2v) is 2.59. The molecule has 0 heterocycles. The van der Waals surface area contributed by atoms with Gasteiger partial charge in [-0.3, -0.25) is 4.79 Å². The predicted molar refractivity (Wildman–Crippen MR) is 40.3 cm³/mol. The van der Waals surface area contributed by atoms with Crippen LogP contribution >= 0.6 is 0 Å². The fraction of sp³-hybridized carbons (Fsp3) is 0.667. The number of ketones is 1. The molecule has 6 nitrogen and oxygen atoms in total. The third-order valence-corrected chi connectivity index (χ3v) is 1.48. The molecule has 0 saturated carbocycles. The van der Waals surface area contributed by atoms with E-state index in [0.29, 0.717) is 0 Å². The molecule has 2 atom stereocenters. The lowest BCUT2D eigenvalue weighted by Gasteiger charge is -2.21. The summed E-state index contributed by atoms with van der Waals surface area (Å²) in [7, 11) is 0. The fourth-order valence-corrected chi connectivity index (χ4v) is 0.657. The number of aliphatic hydroxyl groups excluding tert-OH is 1. The summed E-state index contributed by atoms with van der Waals surface area (Å²) in [6.07, 6.45) is 0. The van der Waals surface area contributed by atoms with Crippen LogP contribution in [0.5, 0.6) is 0 Å². The van der Waals surface area contributed by atoms with Gasteiger partial charge in [0.1, 0.15) is 0 Å². The van der Waals surface area contributed by atoms with Crippen molar-refractivity contribution in [2.45, 2.75) is 18.5 Å². The molecule has 0 aliphatic heterocycles. The number of Topliss-reactive ketones (excluding diaryl/α,β-unsaturated/α-hetero) is 1. The van der Waals surface area contributed by atoms with Crippen LogP contribution in [0.25, 0.3) is 0 Å². The number of carbonyl (C=O) groups excluding carboxylic acids is 1. The van der Waals surface area contributed by atoms with Gasteiger partial charge >= 0.3 is 5.97 Å². The van der Waals surface area contributed by atoms with E-state index in [1.807, 2.05) is 0 Å². The van der Waals surface area contributed by atoms with Gasteiger partial charge < -0.3 is 21.7 Å². The zero-order valence-electron chi connectivity index (χ0n) is 6.65. The van der Waals surface area contributed by atoms with Crippen LogP contribution in [0, 0.1) is 0 Å². The minimum absolute atomic E-state index is 0.891. The number of hydrogen-bond donors (Lipinski definition) is 4. The molecular weight excluding hydrogens is 164 g/mol. The van der Waals surface area contributed by atoms with Crippen molar-refractivity contribution in [1.82, 2.24) is 0 Å². The SMILES string of the molecule is C[C@H](N)C(=O)[C@](N)(CO)C(=O)O. The zero-order valence-corrected chi connectivity index (χ0v) is 6.65. The molecule has 0 fully saturated rings. The lowest BCUT2D eigenvalue weighted by atomic mass is 9.92. The summed E-state index contributed by atoms with van der Waals surface area (Å²) in [6.45, 7) is 0.352. The summed E-state index contributed by atoms with van der Waals surface area (Å²) >= 11 is 0. The molecule has 0 amide bonds. The molecule has 6 heteroatoms. The van der Waals surface area contributed by atoms with Crippen LogP contribution in [-0.2, 0) is 9.59 Å². The van der Waals surface area contributed by atoms with E-state index in [1.165, 1.54) is 6.92 Å². The molecule has 0 radical (unpaired) electrons. The van der Waals surface area contributed by atoms with Crippen LogP contribution in [0.4, 0.5) is 0 Å². The van der Waals surface area contributed by atoms with E-state index in [-0.39, 0.29) is 0 Å². The average Bonchev–Trinajstić information content (AvgIpc) is 2.01. The van der Waals surface area contributed by atoms with Crippen LogP contribution in [-0.4, -0.2) is 40.2 Å². The maximum absolute atomic E-state index is 11.0. The van der Waals surface area contributed by atoms with Gasteiger partial charge in [0, 0.05) is 0 Å². The fourth-order valence-electron chi connectivity index (χ4n) is 0.657. The van der Waals surface area contributed by atoms with Gasteiger partial charge in [-0.1, -0.05) is 0 Å². The standard InChI is InChI=1S/C6H12N2O4/c1-3(7)4(10)6(8,2-9)5(11)12/h3,9H,2,7-8H2,1H3,(H,11,12)/t3-,6+/m0/s1. The molecule has 0 aromatic rings. The molecule has 70 valence electrons. The first-order valence-electron chi connectivity index (χ1n) is 3.29. The quantitative estimate of drug-likeness (QED) is 0.356. The third kappa shape index (κ3) is 1.79. The highest BCUT2D eigenvalue weighted by Crippen LogP contribution is 2.03. The van der Waals surface area contributed by atoms with E-state index in [9.17, 15) is 9.59 Å². The smallest absolute Gasteiger partial charge is 0.333 e. The Labute approximate surface area is 69.2 Å². The topological polar surface area (TPSA) is 127 Å². The van der Waals surface area contributed by atoms with Crippen LogP contribution in [0.2, 0.25) is 0 Å². The van der Waals surface area contributed by atoms with Crippen molar-refractivity contribution in [2.24, 2.45) is 11.5 Å². The average molecular weight is 176 g/mol. The Balaban J connectivity index is 4.76. The van der Waals surface area contributed by atoms with Crippen LogP contribution in [0.3, 0.4) is 0 Å². The molecule has 0 aromatic carbocycles. The highest BCUT2D eigenvalue weighted by atomic mass is 16.4. The number of carboxylic acid groups (broad SMARTS) is 1. The Morgan fingerprint density at radius 3 is 2.08 bits per heavy atom. The molecule has 6 N–H and O–H groups in total. The number of aliphatic hydroxyl groups is 1. The Bertz CT molecular complexity index is 204. The summed E-state index contributed by atoms with van der Waals surface area (Å²) in [5.41, 5.74) is 7.97. The maximum atomic E-state index is 11.0. The van der Waals surface area contributed by atoms with Crippen LogP contribution in [0.1, 0.15) is 6.92 Å². The monoisotopic (exact) mass is 176 g/mol. The second-order valence-electron chi connectivity index (χ2n) is 2.59. The van der Waals surface area contributed by atoms with E-state index in [1.54, 1.807) is 0 Å². The summed E-state index contributed by atoms with van der Waals surface area (Å²) in [4.78, 5) is 21.5. The summed E-state index contributed by atoms with van der Waals surface area (Å²) in [5.74, 6) is -2.47. The van der Waals surface area contributed by atoms with Gasteiger partial charge in [-0.2, -0.15) is 0 Å². The number of carboxylic acids is 1. The first-order valence-corrected chi connectivity index (χ1v) is 3.29. The molecule has 0 aliphatic rings. The Hall–Kier alpha value is -0.980. The van der Waals surface area contributed by atoms with Crippen molar-refractivity contribution in [2.75, 3.05) is 6.61 Å². The van der Waals surface area contributed by atoms with Gasteiger partial charge in [-0.15, -0.1) is 0 Å². The molecule has 0 spiro atoms. The third-order valence-electron chi connectivity index (χ3n) is 1.48. The minimum Gasteiger partial charge on any atom is -0.479 e. The van der Waals surface area contributed by atoms with E-state index >= 15 is 0 Å². The van der Waals surface area contributed by atoms with Crippen LogP contribution < -0.4 is 11.5 Å². The van der Waals surface area contributed by atoms with Crippen molar-refractivity contribution in [3.8, 4) is 0 Å². The molecular formula is C6H12N2O4. The maximum Gasteiger partial charge on any atom is 0.333 e. The normalized spacial score (nSPS) is 18.0. The Kier molecular flexibility index (Phi) is 3.32. The number of nitrogens with two attached hydrogens (primary N) is 2. The number of hydrogen-bond acceptors (Lipinski definition) is 5. The molecule has 12 heavy (non-hydrogen) atoms. The van der Waals surface area contributed by atoms with Crippen LogP contribution in [0.15, 0.2) is 0 Å². The molecule has 0 aromatic heterocycles. The van der Waals surface area contributed by atoms with Gasteiger partial charge in [0.2, 0.25) is 0 Å². The Morgan fingerprint density at radius 2 is 2.00 bits per heavy atom. The lowest BCUT2D eigenvalue weighted by molar-refractivity contribution is -0.150. The van der Waals surface area contributed by atoms with E-state index in [0.717, 1.165) is 0 Å². The molecule has 0 aliphatic carbocycles. The molecule has 0 rings (SSSR count). The van der Waals surface area contributed by atoms with E-state index in [4.69, 9.17) is 21.7 Å². The van der Waals surface area contributed by atoms with E-state index < -0.39 is 29.9 Å². The van der Waals surface area contributed by atoms with Gasteiger partial charge in [-0.25, -0.2) is 4.79 Å².